The van der Waals surface area contributed by atoms with Crippen LogP contribution in [0, 0.1) is 17.0 Å². The predicted octanol–water partition coefficient (Wildman–Crippen LogP) is 1.90. The Balaban J connectivity index is 2.43. The molecule has 0 atom stereocenters. The number of carbonyl (C=O) groups excluding carboxylic acids is 1. The highest BCUT2D eigenvalue weighted by Crippen LogP contribution is 2.16. The van der Waals surface area contributed by atoms with Crippen molar-refractivity contribution < 1.29 is 14.5 Å². The van der Waals surface area contributed by atoms with Crippen molar-refractivity contribution in [3.05, 3.63) is 73.7 Å². The molecular weight excluding hydrogens is 288 g/mol. The summed E-state index contributed by atoms with van der Waals surface area (Å²) in [5.74, 6) is -0.482. The van der Waals surface area contributed by atoms with Gasteiger partial charge in [0.2, 0.25) is 0 Å². The van der Waals surface area contributed by atoms with Gasteiger partial charge < -0.3 is 9.30 Å². The zero-order valence-corrected chi connectivity index (χ0v) is 12.1. The number of nitrogens with zero attached hydrogens (tertiary/aromatic N) is 2. The van der Waals surface area contributed by atoms with Crippen LogP contribution in [0.4, 0.5) is 5.69 Å². The van der Waals surface area contributed by atoms with Crippen LogP contribution in [0.15, 0.2) is 41.2 Å². The van der Waals surface area contributed by atoms with E-state index in [2.05, 4.69) is 4.74 Å². The molecule has 0 N–H and O–H groups in total. The SMILES string of the molecule is COC(=O)c1cccc(Cn2c(C)c([N+](=O)[O-])ccc2=O)c1. The lowest BCUT2D eigenvalue weighted by molar-refractivity contribution is -0.386. The average Bonchev–Trinajstić information content (AvgIpc) is 2.50. The van der Waals surface area contributed by atoms with Gasteiger partial charge in [0.15, 0.2) is 0 Å². The molecule has 0 amide bonds. The topological polar surface area (TPSA) is 91.4 Å². The second-order valence-electron chi connectivity index (χ2n) is 4.68. The Morgan fingerprint density at radius 2 is 2.05 bits per heavy atom. The van der Waals surface area contributed by atoms with Gasteiger partial charge in [-0.2, -0.15) is 0 Å². The van der Waals surface area contributed by atoms with Gasteiger partial charge in [-0.3, -0.25) is 14.9 Å². The molecule has 7 heteroatoms. The van der Waals surface area contributed by atoms with Crippen LogP contribution in [0.3, 0.4) is 0 Å². The summed E-state index contributed by atoms with van der Waals surface area (Å²) in [7, 11) is 1.28. The van der Waals surface area contributed by atoms with Gasteiger partial charge in [0, 0.05) is 12.1 Å². The van der Waals surface area contributed by atoms with Crippen molar-refractivity contribution in [2.45, 2.75) is 13.5 Å². The van der Waals surface area contributed by atoms with Crippen LogP contribution in [0.25, 0.3) is 0 Å². The molecule has 1 heterocycles. The first-order valence-corrected chi connectivity index (χ1v) is 6.46. The quantitative estimate of drug-likeness (QED) is 0.488. The fourth-order valence-corrected chi connectivity index (χ4v) is 2.15. The largest absolute Gasteiger partial charge is 0.465 e. The molecule has 2 rings (SSSR count). The van der Waals surface area contributed by atoms with E-state index in [-0.39, 0.29) is 23.5 Å². The molecule has 0 unspecified atom stereocenters. The highest BCUT2D eigenvalue weighted by molar-refractivity contribution is 5.89. The average molecular weight is 302 g/mol. The molecule has 0 saturated carbocycles. The number of rotatable bonds is 4. The minimum Gasteiger partial charge on any atom is -0.465 e. The number of ether oxygens (including phenoxy) is 1. The maximum absolute atomic E-state index is 11.9. The number of esters is 1. The van der Waals surface area contributed by atoms with Crippen molar-refractivity contribution in [2.24, 2.45) is 0 Å². The molecule has 0 saturated heterocycles. The van der Waals surface area contributed by atoms with Crippen molar-refractivity contribution in [1.82, 2.24) is 4.57 Å². The first-order valence-electron chi connectivity index (χ1n) is 6.46. The van der Waals surface area contributed by atoms with Gasteiger partial charge in [0.05, 0.1) is 29.8 Å². The van der Waals surface area contributed by atoms with Gasteiger partial charge in [-0.1, -0.05) is 12.1 Å². The van der Waals surface area contributed by atoms with E-state index in [4.69, 9.17) is 0 Å². The fourth-order valence-electron chi connectivity index (χ4n) is 2.15. The minimum atomic E-state index is -0.532. The number of hydrogen-bond donors (Lipinski definition) is 0. The Morgan fingerprint density at radius 1 is 1.32 bits per heavy atom. The second kappa shape index (κ2) is 6.21. The van der Waals surface area contributed by atoms with Gasteiger partial charge in [-0.05, 0) is 24.6 Å². The van der Waals surface area contributed by atoms with Crippen LogP contribution in [0.5, 0.6) is 0 Å². The summed E-state index contributed by atoms with van der Waals surface area (Å²) in [5, 5.41) is 10.9. The lowest BCUT2D eigenvalue weighted by Crippen LogP contribution is -2.23. The molecule has 0 spiro atoms. The monoisotopic (exact) mass is 302 g/mol. The first kappa shape index (κ1) is 15.4. The number of methoxy groups -OCH3 is 1. The second-order valence-corrected chi connectivity index (χ2v) is 4.68. The molecule has 0 radical (unpaired) electrons. The highest BCUT2D eigenvalue weighted by Gasteiger charge is 2.15. The molecule has 0 aliphatic carbocycles. The molecule has 0 aliphatic rings. The normalized spacial score (nSPS) is 10.3. The van der Waals surface area contributed by atoms with Crippen LogP contribution in [0.2, 0.25) is 0 Å². The summed E-state index contributed by atoms with van der Waals surface area (Å²) in [6.07, 6.45) is 0. The highest BCUT2D eigenvalue weighted by atomic mass is 16.6. The molecule has 2 aromatic rings. The maximum Gasteiger partial charge on any atom is 0.337 e. The maximum atomic E-state index is 11.9. The molecule has 0 bridgehead atoms. The molecule has 7 nitrogen and oxygen atoms in total. The molecule has 1 aromatic carbocycles. The Morgan fingerprint density at radius 3 is 2.68 bits per heavy atom. The lowest BCUT2D eigenvalue weighted by atomic mass is 10.1. The summed E-state index contributed by atoms with van der Waals surface area (Å²) >= 11 is 0. The smallest absolute Gasteiger partial charge is 0.337 e. The van der Waals surface area contributed by atoms with Crippen molar-refractivity contribution in [1.29, 1.82) is 0 Å². The van der Waals surface area contributed by atoms with Crippen LogP contribution in [-0.4, -0.2) is 22.6 Å². The third kappa shape index (κ3) is 3.03. The molecule has 1 aromatic heterocycles. The number of nitro groups is 1. The lowest BCUT2D eigenvalue weighted by Gasteiger charge is -2.10. The number of hydrogen-bond acceptors (Lipinski definition) is 5. The third-order valence-electron chi connectivity index (χ3n) is 3.31. The van der Waals surface area contributed by atoms with Gasteiger partial charge in [-0.25, -0.2) is 4.79 Å². The summed E-state index contributed by atoms with van der Waals surface area (Å²) < 4.78 is 5.94. The van der Waals surface area contributed by atoms with Gasteiger partial charge in [-0.15, -0.1) is 0 Å². The van der Waals surface area contributed by atoms with Crippen molar-refractivity contribution in [3.8, 4) is 0 Å². The van der Waals surface area contributed by atoms with Gasteiger partial charge in [0.1, 0.15) is 0 Å². The number of aromatic nitrogens is 1. The first-order chi connectivity index (χ1) is 10.4. The van der Waals surface area contributed by atoms with Crippen molar-refractivity contribution >= 4 is 11.7 Å². The third-order valence-corrected chi connectivity index (χ3v) is 3.31. The van der Waals surface area contributed by atoms with Gasteiger partial charge in [0.25, 0.3) is 11.2 Å². The van der Waals surface area contributed by atoms with Gasteiger partial charge >= 0.3 is 5.97 Å². The molecular formula is C15H14N2O5. The van der Waals surface area contributed by atoms with Crippen LogP contribution in [-0.2, 0) is 11.3 Å². The van der Waals surface area contributed by atoms with Crippen LogP contribution < -0.4 is 5.56 Å². The van der Waals surface area contributed by atoms with E-state index in [0.29, 0.717) is 11.1 Å². The fraction of sp³-hybridized carbons (Fsp3) is 0.200. The number of carbonyl (C=O) groups is 1. The Hall–Kier alpha value is -2.96. The summed E-state index contributed by atoms with van der Waals surface area (Å²) in [6, 6.07) is 8.94. The zero-order chi connectivity index (χ0) is 16.3. The van der Waals surface area contributed by atoms with E-state index in [1.807, 2.05) is 0 Å². The van der Waals surface area contributed by atoms with E-state index >= 15 is 0 Å². The Kier molecular flexibility index (Phi) is 4.36. The molecule has 0 aliphatic heterocycles. The molecule has 0 fully saturated rings. The zero-order valence-electron chi connectivity index (χ0n) is 12.1. The Bertz CT molecular complexity index is 795. The van der Waals surface area contributed by atoms with Crippen LogP contribution >= 0.6 is 0 Å². The van der Waals surface area contributed by atoms with Crippen LogP contribution in [0.1, 0.15) is 21.6 Å². The summed E-state index contributed by atoms with van der Waals surface area (Å²) in [4.78, 5) is 33.9. The van der Waals surface area contributed by atoms with E-state index in [0.717, 1.165) is 6.07 Å². The standard InChI is InChI=1S/C15H14N2O5/c1-10-13(17(20)21)6-7-14(18)16(10)9-11-4-3-5-12(8-11)15(19)22-2/h3-8H,9H2,1-2H3. The summed E-state index contributed by atoms with van der Waals surface area (Å²) in [5.41, 5.74) is 0.834. The van der Waals surface area contributed by atoms with E-state index < -0.39 is 10.9 Å². The molecule has 114 valence electrons. The van der Waals surface area contributed by atoms with E-state index in [1.165, 1.54) is 24.7 Å². The summed E-state index contributed by atoms with van der Waals surface area (Å²) in [6.45, 7) is 1.65. The van der Waals surface area contributed by atoms with E-state index in [1.54, 1.807) is 24.3 Å². The van der Waals surface area contributed by atoms with Crippen molar-refractivity contribution in [3.63, 3.8) is 0 Å². The number of pyridine rings is 1. The predicted molar refractivity (Wildman–Crippen MR) is 79.0 cm³/mol. The molecule has 22 heavy (non-hydrogen) atoms. The minimum absolute atomic E-state index is 0.122. The van der Waals surface area contributed by atoms with Crippen molar-refractivity contribution in [2.75, 3.05) is 7.11 Å². The number of benzene rings is 1. The van der Waals surface area contributed by atoms with E-state index in [9.17, 15) is 19.7 Å². The Labute approximate surface area is 125 Å².